The maximum absolute atomic E-state index is 11.6. The van der Waals surface area contributed by atoms with E-state index in [1.807, 2.05) is 0 Å². The molecule has 0 saturated carbocycles. The molecule has 1 fully saturated rings. The Bertz CT molecular complexity index is 556. The van der Waals surface area contributed by atoms with Gasteiger partial charge in [-0.25, -0.2) is 9.59 Å². The first-order valence-corrected chi connectivity index (χ1v) is 6.39. The molecule has 1 heterocycles. The Labute approximate surface area is 121 Å². The van der Waals surface area contributed by atoms with Gasteiger partial charge >= 0.3 is 18.0 Å². The van der Waals surface area contributed by atoms with Crippen LogP contribution in [0.5, 0.6) is 5.75 Å². The number of benzene rings is 1. The van der Waals surface area contributed by atoms with E-state index in [4.69, 9.17) is 9.47 Å². The lowest BCUT2D eigenvalue weighted by Crippen LogP contribution is -2.45. The lowest BCUT2D eigenvalue weighted by atomic mass is 10.1. The molecule has 7 heteroatoms. The number of hydrogen-bond donors (Lipinski definition) is 1. The molecule has 0 aromatic heterocycles. The Morgan fingerprint density at radius 2 is 2.24 bits per heavy atom. The molecule has 2 rings (SSSR count). The van der Waals surface area contributed by atoms with Gasteiger partial charge in [-0.3, -0.25) is 4.79 Å². The normalized spacial score (nSPS) is 17.9. The Morgan fingerprint density at radius 3 is 2.95 bits per heavy atom. The first-order valence-electron chi connectivity index (χ1n) is 6.39. The van der Waals surface area contributed by atoms with Gasteiger partial charge in [0, 0.05) is 6.42 Å². The second-order valence-electron chi connectivity index (χ2n) is 4.46. The molecular formula is C14H15NO6. The van der Waals surface area contributed by atoms with E-state index < -0.39 is 24.1 Å². The van der Waals surface area contributed by atoms with E-state index >= 15 is 0 Å². The number of cyclic esters (lactones) is 2. The molecule has 0 bridgehead atoms. The van der Waals surface area contributed by atoms with Gasteiger partial charge in [0.15, 0.2) is 0 Å². The van der Waals surface area contributed by atoms with Crippen molar-refractivity contribution in [2.75, 3.05) is 7.11 Å². The van der Waals surface area contributed by atoms with Crippen LogP contribution in [0.3, 0.4) is 0 Å². The third-order valence-electron chi connectivity index (χ3n) is 2.93. The topological polar surface area (TPSA) is 90.9 Å². The second-order valence-corrected chi connectivity index (χ2v) is 4.46. The van der Waals surface area contributed by atoms with Crippen molar-refractivity contribution in [1.82, 2.24) is 5.32 Å². The Morgan fingerprint density at radius 1 is 1.43 bits per heavy atom. The summed E-state index contributed by atoms with van der Waals surface area (Å²) in [4.78, 5) is 33.9. The van der Waals surface area contributed by atoms with Gasteiger partial charge in [-0.05, 0) is 24.1 Å². The molecule has 7 nitrogen and oxygen atoms in total. The minimum atomic E-state index is -0.847. The number of amides is 1. The minimum Gasteiger partial charge on any atom is -0.497 e. The molecule has 112 valence electrons. The van der Waals surface area contributed by atoms with E-state index in [0.29, 0.717) is 5.75 Å². The fraction of sp³-hybridized carbons (Fsp3) is 0.357. The van der Waals surface area contributed by atoms with Gasteiger partial charge in [0.05, 0.1) is 7.11 Å². The van der Waals surface area contributed by atoms with Crippen LogP contribution < -0.4 is 10.1 Å². The van der Waals surface area contributed by atoms with Crippen molar-refractivity contribution in [3.05, 3.63) is 29.8 Å². The van der Waals surface area contributed by atoms with Crippen molar-refractivity contribution >= 4 is 18.0 Å². The molecule has 1 aromatic rings. The summed E-state index contributed by atoms with van der Waals surface area (Å²) in [6.45, 7) is 0.0454. The molecule has 1 N–H and O–H groups in total. The van der Waals surface area contributed by atoms with E-state index in [0.717, 1.165) is 5.56 Å². The monoisotopic (exact) mass is 293 g/mol. The van der Waals surface area contributed by atoms with Gasteiger partial charge in [0.1, 0.15) is 18.4 Å². The summed E-state index contributed by atoms with van der Waals surface area (Å²) >= 11 is 0. The fourth-order valence-corrected chi connectivity index (χ4v) is 1.84. The second kappa shape index (κ2) is 6.74. The van der Waals surface area contributed by atoms with Crippen molar-refractivity contribution in [1.29, 1.82) is 0 Å². The zero-order valence-corrected chi connectivity index (χ0v) is 11.5. The summed E-state index contributed by atoms with van der Waals surface area (Å²) in [5, 5.41) is 2.37. The summed E-state index contributed by atoms with van der Waals surface area (Å²) in [5.74, 6) is -0.682. The smallest absolute Gasteiger partial charge is 0.408 e. The maximum Gasteiger partial charge on any atom is 0.408 e. The lowest BCUT2D eigenvalue weighted by Gasteiger charge is -2.20. The van der Waals surface area contributed by atoms with E-state index in [-0.39, 0.29) is 19.4 Å². The van der Waals surface area contributed by atoms with E-state index in [1.165, 1.54) is 0 Å². The van der Waals surface area contributed by atoms with Crippen LogP contribution in [0.25, 0.3) is 0 Å². The van der Waals surface area contributed by atoms with E-state index in [1.54, 1.807) is 31.4 Å². The third kappa shape index (κ3) is 4.20. The number of rotatable bonds is 4. The highest BCUT2D eigenvalue weighted by atomic mass is 16.6. The first kappa shape index (κ1) is 14.8. The highest BCUT2D eigenvalue weighted by Gasteiger charge is 2.30. The van der Waals surface area contributed by atoms with Crippen molar-refractivity contribution in [3.63, 3.8) is 0 Å². The molecule has 1 aliphatic rings. The number of alkyl carbamates (subject to hydrolysis) is 1. The number of ether oxygens (including phenoxy) is 3. The highest BCUT2D eigenvalue weighted by molar-refractivity contribution is 5.92. The Hall–Kier alpha value is -2.57. The van der Waals surface area contributed by atoms with Crippen LogP contribution >= 0.6 is 0 Å². The average molecular weight is 293 g/mol. The highest BCUT2D eigenvalue weighted by Crippen LogP contribution is 2.14. The SMILES string of the molecule is COc1cccc(COC(=O)N[C@H]2CCC(=O)OC2=O)c1. The number of nitrogens with one attached hydrogen (secondary N) is 1. The molecule has 1 amide bonds. The van der Waals surface area contributed by atoms with Crippen LogP contribution in [0.1, 0.15) is 18.4 Å². The van der Waals surface area contributed by atoms with Crippen LogP contribution in [0.2, 0.25) is 0 Å². The van der Waals surface area contributed by atoms with Crippen molar-refractivity contribution in [2.24, 2.45) is 0 Å². The number of hydrogen-bond acceptors (Lipinski definition) is 6. The van der Waals surface area contributed by atoms with Gasteiger partial charge in [0.25, 0.3) is 0 Å². The number of methoxy groups -OCH3 is 1. The molecule has 1 aromatic carbocycles. The van der Waals surface area contributed by atoms with E-state index in [2.05, 4.69) is 10.1 Å². The van der Waals surface area contributed by atoms with Gasteiger partial charge < -0.3 is 19.5 Å². The van der Waals surface area contributed by atoms with Crippen LogP contribution in [0, 0.1) is 0 Å². The molecule has 0 unspecified atom stereocenters. The lowest BCUT2D eigenvalue weighted by molar-refractivity contribution is -0.165. The zero-order valence-electron chi connectivity index (χ0n) is 11.5. The summed E-state index contributed by atoms with van der Waals surface area (Å²) in [7, 11) is 1.54. The predicted octanol–water partition coefficient (Wildman–Crippen LogP) is 1.15. The molecule has 0 spiro atoms. The van der Waals surface area contributed by atoms with E-state index in [9.17, 15) is 14.4 Å². The van der Waals surface area contributed by atoms with Crippen molar-refractivity contribution < 1.29 is 28.6 Å². The van der Waals surface area contributed by atoms with Gasteiger partial charge in [-0.15, -0.1) is 0 Å². The third-order valence-corrected chi connectivity index (χ3v) is 2.93. The van der Waals surface area contributed by atoms with Crippen molar-refractivity contribution in [3.8, 4) is 5.75 Å². The first-order chi connectivity index (χ1) is 10.1. The molecule has 1 atom stereocenters. The molecular weight excluding hydrogens is 278 g/mol. The van der Waals surface area contributed by atoms with Gasteiger partial charge in [-0.2, -0.15) is 0 Å². The summed E-state index contributed by atoms with van der Waals surface area (Å²) < 4.78 is 14.5. The molecule has 0 aliphatic carbocycles. The summed E-state index contributed by atoms with van der Waals surface area (Å²) in [6, 6.07) is 6.22. The maximum atomic E-state index is 11.6. The number of carbonyl (C=O) groups is 3. The Kier molecular flexibility index (Phi) is 4.76. The van der Waals surface area contributed by atoms with Crippen LogP contribution in [-0.2, 0) is 25.7 Å². The van der Waals surface area contributed by atoms with Gasteiger partial charge in [0.2, 0.25) is 0 Å². The largest absolute Gasteiger partial charge is 0.497 e. The zero-order chi connectivity index (χ0) is 15.2. The van der Waals surface area contributed by atoms with Crippen molar-refractivity contribution in [2.45, 2.75) is 25.5 Å². The Balaban J connectivity index is 1.82. The van der Waals surface area contributed by atoms with Crippen LogP contribution in [0.4, 0.5) is 4.79 Å². The molecule has 1 saturated heterocycles. The minimum absolute atomic E-state index is 0.0454. The molecule has 0 radical (unpaired) electrons. The standard InChI is InChI=1S/C14H15NO6/c1-19-10-4-2-3-9(7-10)8-20-14(18)15-11-5-6-12(16)21-13(11)17/h2-4,7,11H,5-6,8H2,1H3,(H,15,18)/t11-/m0/s1. The summed E-state index contributed by atoms with van der Waals surface area (Å²) in [5.41, 5.74) is 0.755. The molecule has 21 heavy (non-hydrogen) atoms. The predicted molar refractivity (Wildman–Crippen MR) is 70.4 cm³/mol. The van der Waals surface area contributed by atoms with Gasteiger partial charge in [-0.1, -0.05) is 12.1 Å². The fourth-order valence-electron chi connectivity index (χ4n) is 1.84. The molecule has 1 aliphatic heterocycles. The summed E-state index contributed by atoms with van der Waals surface area (Å²) in [6.07, 6.45) is -0.437. The quantitative estimate of drug-likeness (QED) is 0.661. The number of carbonyl (C=O) groups excluding carboxylic acids is 3. The average Bonchev–Trinajstić information content (AvgIpc) is 2.48. The van der Waals surface area contributed by atoms with Crippen LogP contribution in [0.15, 0.2) is 24.3 Å². The number of esters is 2. The van der Waals surface area contributed by atoms with Crippen LogP contribution in [-0.4, -0.2) is 31.2 Å².